The Morgan fingerprint density at radius 1 is 1.62 bits per heavy atom. The van der Waals surface area contributed by atoms with E-state index in [9.17, 15) is 9.59 Å². The van der Waals surface area contributed by atoms with Gasteiger partial charge in [-0.05, 0) is 0 Å². The van der Waals surface area contributed by atoms with Crippen LogP contribution < -0.4 is 15.8 Å². The van der Waals surface area contributed by atoms with Crippen LogP contribution in [0.1, 0.15) is 12.2 Å². The molecule has 0 atom stereocenters. The number of primary amides is 1. The minimum Gasteiger partial charge on any atom is -0.466 e. The molecule has 0 spiro atoms. The van der Waals surface area contributed by atoms with Gasteiger partial charge in [0.25, 0.3) is 5.91 Å². The predicted octanol–water partition coefficient (Wildman–Crippen LogP) is -0.775. The minimum absolute atomic E-state index is 0.0563. The van der Waals surface area contributed by atoms with Gasteiger partial charge in [0.1, 0.15) is 11.5 Å². The summed E-state index contributed by atoms with van der Waals surface area (Å²) in [5.74, 6) is 0.152. The minimum atomic E-state index is -0.407. The number of hydrogen-bond donors (Lipinski definition) is 2. The second kappa shape index (κ2) is 4.13. The molecule has 84 valence electrons. The summed E-state index contributed by atoms with van der Waals surface area (Å²) in [4.78, 5) is 29.6. The Morgan fingerprint density at radius 3 is 3.19 bits per heavy atom. The number of anilines is 1. The molecule has 2 amide bonds. The van der Waals surface area contributed by atoms with Crippen molar-refractivity contribution in [2.45, 2.75) is 12.8 Å². The van der Waals surface area contributed by atoms with Crippen molar-refractivity contribution in [3.05, 3.63) is 12.0 Å². The monoisotopic (exact) mass is 222 g/mol. The maximum Gasteiger partial charge on any atom is 0.262 e. The molecule has 7 nitrogen and oxygen atoms in total. The Kier molecular flexibility index (Phi) is 2.67. The zero-order valence-corrected chi connectivity index (χ0v) is 8.40. The predicted molar refractivity (Wildman–Crippen MR) is 53.7 cm³/mol. The quantitative estimate of drug-likeness (QED) is 0.698. The van der Waals surface area contributed by atoms with Crippen LogP contribution in [0.4, 0.5) is 5.69 Å². The summed E-state index contributed by atoms with van der Waals surface area (Å²) in [6, 6.07) is 0. The van der Waals surface area contributed by atoms with E-state index >= 15 is 0 Å². The molecule has 1 aromatic rings. The molecule has 2 heterocycles. The zero-order valence-electron chi connectivity index (χ0n) is 8.40. The standard InChI is InChI=1S/C9H10N4O3/c10-6(14)1-2-7-11-3-5-9(13-7)16-4-8(15)12-5/h3H,1-2,4H2,(H2,10,14)(H,12,15). The van der Waals surface area contributed by atoms with Crippen LogP contribution in [0, 0.1) is 0 Å². The number of carbonyl (C=O) groups is 2. The molecule has 16 heavy (non-hydrogen) atoms. The fourth-order valence-corrected chi connectivity index (χ4v) is 1.27. The van der Waals surface area contributed by atoms with E-state index in [0.717, 1.165) is 0 Å². The largest absolute Gasteiger partial charge is 0.466 e. The summed E-state index contributed by atoms with van der Waals surface area (Å²) in [5.41, 5.74) is 5.46. The second-order valence-corrected chi connectivity index (χ2v) is 3.31. The molecule has 7 heteroatoms. The number of aromatic nitrogens is 2. The van der Waals surface area contributed by atoms with E-state index in [2.05, 4.69) is 15.3 Å². The lowest BCUT2D eigenvalue weighted by Crippen LogP contribution is -2.26. The maximum absolute atomic E-state index is 11.0. The summed E-state index contributed by atoms with van der Waals surface area (Å²) >= 11 is 0. The van der Waals surface area contributed by atoms with Gasteiger partial charge in [0, 0.05) is 12.8 Å². The van der Waals surface area contributed by atoms with Crippen LogP contribution in [0.25, 0.3) is 0 Å². The van der Waals surface area contributed by atoms with Crippen LogP contribution in [0.2, 0.25) is 0 Å². The van der Waals surface area contributed by atoms with Gasteiger partial charge in [-0.3, -0.25) is 9.59 Å². The first-order chi connectivity index (χ1) is 7.65. The Balaban J connectivity index is 2.13. The van der Waals surface area contributed by atoms with Crippen molar-refractivity contribution in [2.75, 3.05) is 11.9 Å². The molecule has 1 aromatic heterocycles. The highest BCUT2D eigenvalue weighted by molar-refractivity contribution is 5.94. The average molecular weight is 222 g/mol. The average Bonchev–Trinajstić information content (AvgIpc) is 2.26. The number of amides is 2. The third-order valence-electron chi connectivity index (χ3n) is 2.01. The van der Waals surface area contributed by atoms with Crippen LogP contribution in [0.3, 0.4) is 0 Å². The third kappa shape index (κ3) is 2.25. The first-order valence-electron chi connectivity index (χ1n) is 4.72. The van der Waals surface area contributed by atoms with E-state index in [0.29, 0.717) is 23.8 Å². The lowest BCUT2D eigenvalue weighted by atomic mass is 10.3. The lowest BCUT2D eigenvalue weighted by molar-refractivity contribution is -0.119. The van der Waals surface area contributed by atoms with Gasteiger partial charge in [-0.1, -0.05) is 0 Å². The molecule has 1 aliphatic heterocycles. The highest BCUT2D eigenvalue weighted by Crippen LogP contribution is 2.23. The molecule has 0 radical (unpaired) electrons. The Morgan fingerprint density at radius 2 is 2.44 bits per heavy atom. The van der Waals surface area contributed by atoms with Crippen LogP contribution in [-0.4, -0.2) is 28.4 Å². The molecule has 0 aromatic carbocycles. The number of fused-ring (bicyclic) bond motifs is 1. The van der Waals surface area contributed by atoms with E-state index in [4.69, 9.17) is 10.5 Å². The molecule has 2 rings (SSSR count). The van der Waals surface area contributed by atoms with E-state index in [1.165, 1.54) is 6.20 Å². The van der Waals surface area contributed by atoms with Gasteiger partial charge in [0.15, 0.2) is 6.61 Å². The van der Waals surface area contributed by atoms with Crippen LogP contribution in [-0.2, 0) is 16.0 Å². The number of rotatable bonds is 3. The molecule has 3 N–H and O–H groups in total. The topological polar surface area (TPSA) is 107 Å². The van der Waals surface area contributed by atoms with Gasteiger partial charge in [-0.25, -0.2) is 4.98 Å². The van der Waals surface area contributed by atoms with Crippen molar-refractivity contribution in [3.63, 3.8) is 0 Å². The normalized spacial score (nSPS) is 13.6. The summed E-state index contributed by atoms with van der Waals surface area (Å²) in [6.45, 7) is -0.0563. The number of aryl methyl sites for hydroxylation is 1. The van der Waals surface area contributed by atoms with Gasteiger partial charge in [-0.15, -0.1) is 0 Å². The summed E-state index contributed by atoms with van der Waals surface area (Å²) in [6.07, 6.45) is 2.00. The lowest BCUT2D eigenvalue weighted by Gasteiger charge is -2.16. The third-order valence-corrected chi connectivity index (χ3v) is 2.01. The number of hydrogen-bond acceptors (Lipinski definition) is 5. The number of nitrogens with one attached hydrogen (secondary N) is 1. The van der Waals surface area contributed by atoms with Crippen molar-refractivity contribution in [1.82, 2.24) is 9.97 Å². The summed E-state index contributed by atoms with van der Waals surface area (Å²) in [7, 11) is 0. The van der Waals surface area contributed by atoms with Gasteiger partial charge in [0.05, 0.1) is 6.20 Å². The fraction of sp³-hybridized carbons (Fsp3) is 0.333. The molecule has 0 unspecified atom stereocenters. The molecule has 0 fully saturated rings. The van der Waals surface area contributed by atoms with E-state index in [1.807, 2.05) is 0 Å². The van der Waals surface area contributed by atoms with Gasteiger partial charge in [0.2, 0.25) is 11.8 Å². The zero-order chi connectivity index (χ0) is 11.5. The summed E-state index contributed by atoms with van der Waals surface area (Å²) in [5, 5.41) is 2.57. The first kappa shape index (κ1) is 10.3. The SMILES string of the molecule is NC(=O)CCc1ncc2c(n1)OCC(=O)N2. The van der Waals surface area contributed by atoms with Gasteiger partial charge < -0.3 is 15.8 Å². The van der Waals surface area contributed by atoms with Gasteiger partial charge >= 0.3 is 0 Å². The fourth-order valence-electron chi connectivity index (χ4n) is 1.27. The molecule has 0 aliphatic carbocycles. The van der Waals surface area contributed by atoms with Crippen LogP contribution >= 0.6 is 0 Å². The smallest absolute Gasteiger partial charge is 0.262 e. The van der Waals surface area contributed by atoms with Crippen molar-refractivity contribution in [2.24, 2.45) is 5.73 Å². The maximum atomic E-state index is 11.0. The number of carbonyl (C=O) groups excluding carboxylic acids is 2. The van der Waals surface area contributed by atoms with Crippen molar-refractivity contribution in [1.29, 1.82) is 0 Å². The summed E-state index contributed by atoms with van der Waals surface area (Å²) < 4.78 is 5.10. The first-order valence-corrected chi connectivity index (χ1v) is 4.72. The van der Waals surface area contributed by atoms with Crippen molar-refractivity contribution >= 4 is 17.5 Å². The number of nitrogens with two attached hydrogens (primary N) is 1. The molecule has 0 saturated heterocycles. The van der Waals surface area contributed by atoms with E-state index in [-0.39, 0.29) is 18.9 Å². The number of ether oxygens (including phenoxy) is 1. The molecular weight excluding hydrogens is 212 g/mol. The number of nitrogens with zero attached hydrogens (tertiary/aromatic N) is 2. The highest BCUT2D eigenvalue weighted by Gasteiger charge is 2.18. The Hall–Kier alpha value is -2.18. The Bertz CT molecular complexity index is 446. The molecule has 1 aliphatic rings. The second-order valence-electron chi connectivity index (χ2n) is 3.31. The van der Waals surface area contributed by atoms with E-state index < -0.39 is 5.91 Å². The highest BCUT2D eigenvalue weighted by atomic mass is 16.5. The van der Waals surface area contributed by atoms with Crippen LogP contribution in [0.5, 0.6) is 5.88 Å². The van der Waals surface area contributed by atoms with Crippen molar-refractivity contribution < 1.29 is 14.3 Å². The van der Waals surface area contributed by atoms with Gasteiger partial charge in [-0.2, -0.15) is 4.98 Å². The van der Waals surface area contributed by atoms with Crippen molar-refractivity contribution in [3.8, 4) is 5.88 Å². The molecule has 0 bridgehead atoms. The van der Waals surface area contributed by atoms with Crippen LogP contribution in [0.15, 0.2) is 6.20 Å². The Labute approximate surface area is 91.0 Å². The molecule has 0 saturated carbocycles. The molecular formula is C9H10N4O3. The van der Waals surface area contributed by atoms with E-state index in [1.54, 1.807) is 0 Å².